The lowest BCUT2D eigenvalue weighted by molar-refractivity contribution is -0.129. The summed E-state index contributed by atoms with van der Waals surface area (Å²) >= 11 is 0. The summed E-state index contributed by atoms with van der Waals surface area (Å²) < 4.78 is 0. The summed E-state index contributed by atoms with van der Waals surface area (Å²) in [7, 11) is 0. The van der Waals surface area contributed by atoms with Crippen LogP contribution in [0.2, 0.25) is 0 Å². The lowest BCUT2D eigenvalue weighted by Gasteiger charge is -2.44. The van der Waals surface area contributed by atoms with Gasteiger partial charge in [0.1, 0.15) is 5.54 Å². The van der Waals surface area contributed by atoms with E-state index in [2.05, 4.69) is 29.5 Å². The summed E-state index contributed by atoms with van der Waals surface area (Å²) in [5.74, 6) is 2.20. The van der Waals surface area contributed by atoms with Crippen molar-refractivity contribution in [3.63, 3.8) is 0 Å². The Hall–Kier alpha value is -1.06. The first-order chi connectivity index (χ1) is 7.59. The van der Waals surface area contributed by atoms with E-state index < -0.39 is 0 Å². The first kappa shape index (κ1) is 10.1. The first-order valence-corrected chi connectivity index (χ1v) is 6.26. The Morgan fingerprint density at radius 1 is 1.38 bits per heavy atom. The standard InChI is InChI=1S/C12H19N3O/c1-7(2)8-5-12(6-8)10(16)14-11(15-12)13-9-3-4-9/h7-9H,3-6H2,1-2H3,(H2,13,14,15,16). The van der Waals surface area contributed by atoms with Crippen LogP contribution in [0.15, 0.2) is 4.99 Å². The van der Waals surface area contributed by atoms with E-state index in [1.54, 1.807) is 0 Å². The number of rotatable bonds is 2. The number of carbonyl (C=O) groups excluding carboxylic acids is 1. The van der Waals surface area contributed by atoms with Gasteiger partial charge in [-0.05, 0) is 37.5 Å². The minimum absolute atomic E-state index is 0.129. The molecule has 88 valence electrons. The molecular formula is C12H19N3O. The minimum atomic E-state index is -0.317. The molecule has 4 heteroatoms. The molecule has 1 amide bonds. The van der Waals surface area contributed by atoms with Gasteiger partial charge in [-0.1, -0.05) is 13.8 Å². The van der Waals surface area contributed by atoms with Gasteiger partial charge in [-0.25, -0.2) is 4.99 Å². The highest BCUT2D eigenvalue weighted by Crippen LogP contribution is 2.43. The molecule has 0 unspecified atom stereocenters. The van der Waals surface area contributed by atoms with E-state index in [0.29, 0.717) is 17.9 Å². The molecule has 0 atom stereocenters. The molecule has 3 aliphatic rings. The third-order valence-electron chi connectivity index (χ3n) is 4.05. The van der Waals surface area contributed by atoms with Crippen LogP contribution < -0.4 is 10.6 Å². The Morgan fingerprint density at radius 3 is 2.62 bits per heavy atom. The molecular weight excluding hydrogens is 202 g/mol. The number of nitrogens with zero attached hydrogens (tertiary/aromatic N) is 1. The van der Waals surface area contributed by atoms with Crippen molar-refractivity contribution in [3.05, 3.63) is 0 Å². The van der Waals surface area contributed by atoms with Crippen LogP contribution in [0.5, 0.6) is 0 Å². The van der Waals surface area contributed by atoms with Crippen molar-refractivity contribution in [1.82, 2.24) is 10.6 Å². The second kappa shape index (κ2) is 3.22. The van der Waals surface area contributed by atoms with Gasteiger partial charge in [0.2, 0.25) is 0 Å². The average molecular weight is 221 g/mol. The van der Waals surface area contributed by atoms with E-state index in [0.717, 1.165) is 18.8 Å². The van der Waals surface area contributed by atoms with Gasteiger partial charge in [0.15, 0.2) is 5.96 Å². The van der Waals surface area contributed by atoms with E-state index in [1.165, 1.54) is 12.8 Å². The van der Waals surface area contributed by atoms with Crippen LogP contribution in [0.4, 0.5) is 0 Å². The van der Waals surface area contributed by atoms with Gasteiger partial charge < -0.3 is 5.32 Å². The zero-order valence-electron chi connectivity index (χ0n) is 9.92. The maximum absolute atomic E-state index is 11.9. The number of guanidine groups is 1. The second-order valence-corrected chi connectivity index (χ2v) is 5.78. The summed E-state index contributed by atoms with van der Waals surface area (Å²) in [5, 5.41) is 6.18. The Labute approximate surface area is 95.9 Å². The maximum atomic E-state index is 11.9. The molecule has 3 fully saturated rings. The predicted octanol–water partition coefficient (Wildman–Crippen LogP) is 1.03. The summed E-state index contributed by atoms with van der Waals surface area (Å²) in [6.07, 6.45) is 4.26. The molecule has 1 spiro atoms. The van der Waals surface area contributed by atoms with Gasteiger partial charge in [-0.2, -0.15) is 0 Å². The maximum Gasteiger partial charge on any atom is 0.252 e. The SMILES string of the molecule is CC(C)C1CC2(C1)NC(=NC1CC1)NC2=O. The van der Waals surface area contributed by atoms with Gasteiger partial charge >= 0.3 is 0 Å². The fourth-order valence-electron chi connectivity index (χ4n) is 2.59. The normalized spacial score (nSPS) is 40.1. The number of nitrogens with one attached hydrogen (secondary N) is 2. The van der Waals surface area contributed by atoms with Crippen molar-refractivity contribution in [3.8, 4) is 0 Å². The molecule has 1 saturated heterocycles. The van der Waals surface area contributed by atoms with Crippen LogP contribution in [0.1, 0.15) is 39.5 Å². The van der Waals surface area contributed by atoms with Crippen LogP contribution in [0.3, 0.4) is 0 Å². The molecule has 2 N–H and O–H groups in total. The van der Waals surface area contributed by atoms with Crippen LogP contribution in [-0.4, -0.2) is 23.4 Å². The molecule has 1 heterocycles. The van der Waals surface area contributed by atoms with Crippen molar-refractivity contribution in [1.29, 1.82) is 0 Å². The molecule has 0 bridgehead atoms. The Bertz CT molecular complexity index is 351. The van der Waals surface area contributed by atoms with Gasteiger partial charge in [0, 0.05) is 0 Å². The van der Waals surface area contributed by atoms with Gasteiger partial charge in [0.05, 0.1) is 6.04 Å². The van der Waals surface area contributed by atoms with E-state index in [1.807, 2.05) is 0 Å². The molecule has 16 heavy (non-hydrogen) atoms. The Kier molecular flexibility index (Phi) is 2.03. The fourth-order valence-corrected chi connectivity index (χ4v) is 2.59. The highest BCUT2D eigenvalue weighted by Gasteiger charge is 2.55. The van der Waals surface area contributed by atoms with Crippen molar-refractivity contribution in [2.45, 2.75) is 51.1 Å². The smallest absolute Gasteiger partial charge is 0.252 e. The van der Waals surface area contributed by atoms with Crippen LogP contribution in [0.25, 0.3) is 0 Å². The highest BCUT2D eigenvalue weighted by molar-refractivity contribution is 6.09. The average Bonchev–Trinajstić information content (AvgIpc) is 2.86. The fraction of sp³-hybridized carbons (Fsp3) is 0.833. The summed E-state index contributed by atoms with van der Waals surface area (Å²) in [4.78, 5) is 16.4. The number of hydrogen-bond acceptors (Lipinski definition) is 2. The number of amides is 1. The molecule has 3 rings (SSSR count). The Morgan fingerprint density at radius 2 is 2.06 bits per heavy atom. The van der Waals surface area contributed by atoms with E-state index in [4.69, 9.17) is 0 Å². The van der Waals surface area contributed by atoms with Gasteiger partial charge in [-0.3, -0.25) is 10.1 Å². The quantitative estimate of drug-likeness (QED) is 0.731. The van der Waals surface area contributed by atoms with Crippen LogP contribution in [-0.2, 0) is 4.79 Å². The minimum Gasteiger partial charge on any atom is -0.342 e. The lowest BCUT2D eigenvalue weighted by atomic mass is 9.64. The number of carbonyl (C=O) groups is 1. The molecule has 1 aliphatic heterocycles. The Balaban J connectivity index is 1.67. The molecule has 2 saturated carbocycles. The first-order valence-electron chi connectivity index (χ1n) is 6.26. The van der Waals surface area contributed by atoms with Crippen molar-refractivity contribution in [2.24, 2.45) is 16.8 Å². The predicted molar refractivity (Wildman–Crippen MR) is 62.0 cm³/mol. The third kappa shape index (κ3) is 1.51. The van der Waals surface area contributed by atoms with E-state index in [-0.39, 0.29) is 11.4 Å². The van der Waals surface area contributed by atoms with Crippen molar-refractivity contribution < 1.29 is 4.79 Å². The summed E-state index contributed by atoms with van der Waals surface area (Å²) in [6.45, 7) is 4.45. The zero-order chi connectivity index (χ0) is 11.3. The van der Waals surface area contributed by atoms with Crippen LogP contribution in [0, 0.1) is 11.8 Å². The largest absolute Gasteiger partial charge is 0.342 e. The van der Waals surface area contributed by atoms with Crippen molar-refractivity contribution >= 4 is 11.9 Å². The van der Waals surface area contributed by atoms with E-state index in [9.17, 15) is 4.79 Å². The monoisotopic (exact) mass is 221 g/mol. The summed E-state index contributed by atoms with van der Waals surface area (Å²) in [6, 6.07) is 0.457. The van der Waals surface area contributed by atoms with Gasteiger partial charge in [0.25, 0.3) is 5.91 Å². The van der Waals surface area contributed by atoms with E-state index >= 15 is 0 Å². The highest BCUT2D eigenvalue weighted by atomic mass is 16.2. The second-order valence-electron chi connectivity index (χ2n) is 5.78. The topological polar surface area (TPSA) is 53.5 Å². The lowest BCUT2D eigenvalue weighted by Crippen LogP contribution is -2.58. The molecule has 0 aromatic carbocycles. The number of aliphatic imine (C=N–C) groups is 1. The zero-order valence-corrected chi connectivity index (χ0v) is 9.92. The molecule has 0 radical (unpaired) electrons. The number of hydrogen-bond donors (Lipinski definition) is 2. The molecule has 0 aromatic heterocycles. The molecule has 4 nitrogen and oxygen atoms in total. The van der Waals surface area contributed by atoms with Crippen molar-refractivity contribution in [2.75, 3.05) is 0 Å². The molecule has 0 aromatic rings. The van der Waals surface area contributed by atoms with Gasteiger partial charge in [-0.15, -0.1) is 0 Å². The van der Waals surface area contributed by atoms with Crippen LogP contribution >= 0.6 is 0 Å². The summed E-state index contributed by atoms with van der Waals surface area (Å²) in [5.41, 5.74) is -0.317. The molecule has 2 aliphatic carbocycles. The third-order valence-corrected chi connectivity index (χ3v) is 4.05.